The molecule has 6 nitrogen and oxygen atoms in total. The zero-order chi connectivity index (χ0) is 28.7. The number of hydrogen-bond acceptors (Lipinski definition) is 6. The predicted octanol–water partition coefficient (Wildman–Crippen LogP) is 7.20. The molecule has 0 N–H and O–H groups in total. The Hall–Kier alpha value is -3.98. The summed E-state index contributed by atoms with van der Waals surface area (Å²) in [6.07, 6.45) is 12.5. The molecule has 0 unspecified atom stereocenters. The molecule has 0 amide bonds. The lowest BCUT2D eigenvalue weighted by molar-refractivity contribution is -0.138. The number of benzene rings is 2. The van der Waals surface area contributed by atoms with E-state index in [1.165, 1.54) is 12.2 Å². The average molecular weight is 547 g/mol. The molecule has 0 radical (unpaired) electrons. The second-order valence-electron chi connectivity index (χ2n) is 9.27. The Bertz CT molecular complexity index is 991. The maximum atomic E-state index is 11.0. The number of hydrogen-bond donors (Lipinski definition) is 0. The highest BCUT2D eigenvalue weighted by atomic mass is 16.5. The van der Waals surface area contributed by atoms with Crippen LogP contribution >= 0.6 is 0 Å². The maximum absolute atomic E-state index is 11.0. The first kappa shape index (κ1) is 32.2. The molecular formula is C34H42O6. The van der Waals surface area contributed by atoms with Crippen LogP contribution in [0, 0.1) is 11.8 Å². The second-order valence-corrected chi connectivity index (χ2v) is 9.27. The SMILES string of the molecule is C=CC(=O)OCCCCCCCOc1ccc(C#Cc2ccc(OCCCCCCCOC(=O)C=C)cc2)cc1. The molecule has 214 valence electrons. The Kier molecular flexibility index (Phi) is 16.9. The van der Waals surface area contributed by atoms with Gasteiger partial charge in [-0.25, -0.2) is 9.59 Å². The summed E-state index contributed by atoms with van der Waals surface area (Å²) < 4.78 is 21.6. The lowest BCUT2D eigenvalue weighted by Crippen LogP contribution is -2.01. The fraction of sp³-hybridized carbons (Fsp3) is 0.412. The fourth-order valence-electron chi connectivity index (χ4n) is 3.73. The Morgan fingerprint density at radius 2 is 0.850 bits per heavy atom. The van der Waals surface area contributed by atoms with Crippen LogP contribution in [0.25, 0.3) is 0 Å². The third-order valence-corrected chi connectivity index (χ3v) is 6.00. The molecule has 2 rings (SSSR count). The van der Waals surface area contributed by atoms with E-state index in [-0.39, 0.29) is 11.9 Å². The van der Waals surface area contributed by atoms with E-state index in [0.29, 0.717) is 26.4 Å². The van der Waals surface area contributed by atoms with E-state index < -0.39 is 0 Å². The van der Waals surface area contributed by atoms with E-state index in [1.807, 2.05) is 48.5 Å². The Labute approximate surface area is 239 Å². The van der Waals surface area contributed by atoms with E-state index in [1.54, 1.807) is 0 Å². The standard InChI is InChI=1S/C34H42O6/c1-3-33(35)39-27-13-9-5-7-11-25-37-31-21-17-29(18-22-31)15-16-30-19-23-32(24-20-30)38-26-12-8-6-10-14-28-40-34(36)4-2/h3-4,17-24H,1-2,5-14,25-28H2. The van der Waals surface area contributed by atoms with Gasteiger partial charge in [0.15, 0.2) is 0 Å². The first-order valence-electron chi connectivity index (χ1n) is 14.2. The summed E-state index contributed by atoms with van der Waals surface area (Å²) in [5, 5.41) is 0. The Morgan fingerprint density at radius 1 is 0.525 bits per heavy atom. The molecule has 0 aromatic heterocycles. The van der Waals surface area contributed by atoms with Gasteiger partial charge in [-0.2, -0.15) is 0 Å². The van der Waals surface area contributed by atoms with E-state index in [9.17, 15) is 9.59 Å². The molecule has 0 saturated heterocycles. The molecule has 0 atom stereocenters. The summed E-state index contributed by atoms with van der Waals surface area (Å²) >= 11 is 0. The van der Waals surface area contributed by atoms with E-state index in [4.69, 9.17) is 18.9 Å². The van der Waals surface area contributed by atoms with Crippen LogP contribution in [-0.4, -0.2) is 38.4 Å². The van der Waals surface area contributed by atoms with Crippen LogP contribution in [0.2, 0.25) is 0 Å². The van der Waals surface area contributed by atoms with Crippen LogP contribution < -0.4 is 9.47 Å². The van der Waals surface area contributed by atoms with Crippen molar-refractivity contribution in [2.75, 3.05) is 26.4 Å². The van der Waals surface area contributed by atoms with Crippen LogP contribution in [0.15, 0.2) is 73.8 Å². The Balaban J connectivity index is 1.55. The van der Waals surface area contributed by atoms with Crippen molar-refractivity contribution in [3.05, 3.63) is 85.0 Å². The van der Waals surface area contributed by atoms with E-state index in [0.717, 1.165) is 86.8 Å². The lowest BCUT2D eigenvalue weighted by atomic mass is 10.1. The highest BCUT2D eigenvalue weighted by molar-refractivity contribution is 5.81. The predicted molar refractivity (Wildman–Crippen MR) is 158 cm³/mol. The minimum Gasteiger partial charge on any atom is -0.494 e. The first-order valence-corrected chi connectivity index (χ1v) is 14.2. The average Bonchev–Trinajstić information content (AvgIpc) is 2.99. The maximum Gasteiger partial charge on any atom is 0.330 e. The quantitative estimate of drug-likeness (QED) is 0.0757. The molecule has 0 aliphatic rings. The topological polar surface area (TPSA) is 71.1 Å². The number of esters is 2. The van der Waals surface area contributed by atoms with Gasteiger partial charge in [-0.05, 0) is 74.2 Å². The van der Waals surface area contributed by atoms with Gasteiger partial charge in [-0.15, -0.1) is 0 Å². The van der Waals surface area contributed by atoms with Gasteiger partial charge in [0, 0.05) is 23.3 Å². The second kappa shape index (κ2) is 20.9. The first-order chi connectivity index (χ1) is 19.6. The van der Waals surface area contributed by atoms with Crippen molar-refractivity contribution in [2.45, 2.75) is 64.2 Å². The molecule has 0 aliphatic heterocycles. The van der Waals surface area contributed by atoms with Gasteiger partial charge in [0.05, 0.1) is 26.4 Å². The number of carbonyl (C=O) groups excluding carboxylic acids is 2. The minimum absolute atomic E-state index is 0.358. The van der Waals surface area contributed by atoms with Crippen molar-refractivity contribution in [3.8, 4) is 23.3 Å². The molecule has 40 heavy (non-hydrogen) atoms. The highest BCUT2D eigenvalue weighted by Crippen LogP contribution is 2.15. The molecule has 0 saturated carbocycles. The van der Waals surface area contributed by atoms with E-state index >= 15 is 0 Å². The summed E-state index contributed by atoms with van der Waals surface area (Å²) in [5.41, 5.74) is 1.87. The van der Waals surface area contributed by atoms with Gasteiger partial charge in [0.1, 0.15) is 11.5 Å². The lowest BCUT2D eigenvalue weighted by Gasteiger charge is -2.06. The van der Waals surface area contributed by atoms with Crippen LogP contribution in [-0.2, 0) is 19.1 Å². The van der Waals surface area contributed by atoms with Crippen molar-refractivity contribution in [1.82, 2.24) is 0 Å². The van der Waals surface area contributed by atoms with Crippen LogP contribution in [0.4, 0.5) is 0 Å². The van der Waals surface area contributed by atoms with Gasteiger partial charge < -0.3 is 18.9 Å². The zero-order valence-corrected chi connectivity index (χ0v) is 23.5. The fourth-order valence-corrected chi connectivity index (χ4v) is 3.73. The summed E-state index contributed by atoms with van der Waals surface area (Å²) in [4.78, 5) is 21.9. The molecule has 0 aliphatic carbocycles. The molecule has 0 heterocycles. The number of rotatable bonds is 20. The Morgan fingerprint density at radius 3 is 1.20 bits per heavy atom. The van der Waals surface area contributed by atoms with Gasteiger partial charge in [0.25, 0.3) is 0 Å². The van der Waals surface area contributed by atoms with Crippen molar-refractivity contribution >= 4 is 11.9 Å². The summed E-state index contributed by atoms with van der Waals surface area (Å²) in [5.74, 6) is 7.36. The molecule has 2 aromatic rings. The van der Waals surface area contributed by atoms with Crippen LogP contribution in [0.5, 0.6) is 11.5 Å². The van der Waals surface area contributed by atoms with Crippen molar-refractivity contribution in [1.29, 1.82) is 0 Å². The van der Waals surface area contributed by atoms with Gasteiger partial charge in [-0.3, -0.25) is 0 Å². The van der Waals surface area contributed by atoms with Crippen molar-refractivity contribution in [2.24, 2.45) is 0 Å². The molecule has 0 spiro atoms. The largest absolute Gasteiger partial charge is 0.494 e. The summed E-state index contributed by atoms with van der Waals surface area (Å²) in [6, 6.07) is 15.7. The van der Waals surface area contributed by atoms with E-state index in [2.05, 4.69) is 25.0 Å². The monoisotopic (exact) mass is 546 g/mol. The third kappa shape index (κ3) is 15.4. The van der Waals surface area contributed by atoms with Gasteiger partial charge in [-0.1, -0.05) is 63.5 Å². The number of unbranched alkanes of at least 4 members (excludes halogenated alkanes) is 8. The van der Waals surface area contributed by atoms with Crippen LogP contribution in [0.3, 0.4) is 0 Å². The molecule has 0 fully saturated rings. The summed E-state index contributed by atoms with van der Waals surface area (Å²) in [7, 11) is 0. The minimum atomic E-state index is -0.358. The normalized spacial score (nSPS) is 10.1. The molecule has 2 aromatic carbocycles. The molecular weight excluding hydrogens is 504 g/mol. The summed E-state index contributed by atoms with van der Waals surface area (Å²) in [6.45, 7) is 9.03. The van der Waals surface area contributed by atoms with Gasteiger partial charge >= 0.3 is 11.9 Å². The van der Waals surface area contributed by atoms with Crippen molar-refractivity contribution < 1.29 is 28.5 Å². The molecule has 0 bridgehead atoms. The van der Waals surface area contributed by atoms with Crippen molar-refractivity contribution in [3.63, 3.8) is 0 Å². The number of ether oxygens (including phenoxy) is 4. The number of carbonyl (C=O) groups is 2. The highest BCUT2D eigenvalue weighted by Gasteiger charge is 1.99. The third-order valence-electron chi connectivity index (χ3n) is 6.00. The van der Waals surface area contributed by atoms with Gasteiger partial charge in [0.2, 0.25) is 0 Å². The molecule has 6 heteroatoms. The smallest absolute Gasteiger partial charge is 0.330 e. The zero-order valence-electron chi connectivity index (χ0n) is 23.5. The van der Waals surface area contributed by atoms with Crippen LogP contribution in [0.1, 0.15) is 75.3 Å².